The van der Waals surface area contributed by atoms with Gasteiger partial charge in [0.25, 0.3) is 11.4 Å². The molecule has 9 nitrogen and oxygen atoms in total. The number of nitrogens with one attached hydrogen (secondary N) is 1. The van der Waals surface area contributed by atoms with E-state index in [4.69, 9.17) is 9.15 Å². The predicted octanol–water partition coefficient (Wildman–Crippen LogP) is 5.46. The molecule has 0 unspecified atom stereocenters. The fourth-order valence-corrected chi connectivity index (χ4v) is 5.49. The third kappa shape index (κ3) is 4.89. The molecule has 5 aromatic rings. The minimum Gasteiger partial charge on any atom is -0.454 e. The van der Waals surface area contributed by atoms with Crippen molar-refractivity contribution in [3.63, 3.8) is 0 Å². The molecule has 13 heteroatoms. The summed E-state index contributed by atoms with van der Waals surface area (Å²) in [4.78, 5) is 13.6. The number of thiophene rings is 1. The fourth-order valence-electron chi connectivity index (χ4n) is 3.77. The highest BCUT2D eigenvalue weighted by atomic mass is 32.2. The van der Waals surface area contributed by atoms with E-state index in [1.54, 1.807) is 26.2 Å². The Kier molecular flexibility index (Phi) is 6.49. The van der Waals surface area contributed by atoms with Gasteiger partial charge in [0.2, 0.25) is 15.9 Å². The van der Waals surface area contributed by atoms with Crippen molar-refractivity contribution in [3.05, 3.63) is 76.5 Å². The Morgan fingerprint density at radius 3 is 2.53 bits per heavy atom. The Hall–Kier alpha value is -4.10. The standard InChI is InChI=1S/C25H20F2N4O5S2/c1-4-38(33,34)30-15-6-8-20(36-21-7-5-14(26)9-19(21)27)16(10-15)18-12-31(3)25(32)17-11-22(37-23(17)18)24-29-28-13(2)35-24/h5-12,30H,4H2,1-3H3. The molecule has 3 aromatic heterocycles. The van der Waals surface area contributed by atoms with Crippen molar-refractivity contribution in [2.75, 3.05) is 10.5 Å². The number of benzene rings is 2. The zero-order valence-corrected chi connectivity index (χ0v) is 21.9. The maximum atomic E-state index is 14.5. The maximum Gasteiger partial charge on any atom is 0.259 e. The summed E-state index contributed by atoms with van der Waals surface area (Å²) in [6, 6.07) is 9.01. The first kappa shape index (κ1) is 25.5. The van der Waals surface area contributed by atoms with Crippen LogP contribution in [0.15, 0.2) is 57.9 Å². The predicted molar refractivity (Wildman–Crippen MR) is 140 cm³/mol. The molecule has 5 rings (SSSR count). The van der Waals surface area contributed by atoms with Crippen LogP contribution in [0.2, 0.25) is 0 Å². The Bertz CT molecular complexity index is 1860. The second-order valence-electron chi connectivity index (χ2n) is 8.33. The zero-order chi connectivity index (χ0) is 27.2. The Morgan fingerprint density at radius 1 is 1.08 bits per heavy atom. The number of nitrogens with zero attached hydrogens (tertiary/aromatic N) is 3. The number of rotatable bonds is 7. The SMILES string of the molecule is CCS(=O)(=O)Nc1ccc(Oc2ccc(F)cc2F)c(-c2cn(C)c(=O)c3cc(-c4nnc(C)o4)sc23)c1. The van der Waals surface area contributed by atoms with E-state index >= 15 is 0 Å². The third-order valence-electron chi connectivity index (χ3n) is 5.62. The van der Waals surface area contributed by atoms with Crippen LogP contribution in [0.3, 0.4) is 0 Å². The van der Waals surface area contributed by atoms with Crippen LogP contribution in [0, 0.1) is 18.6 Å². The van der Waals surface area contributed by atoms with Gasteiger partial charge in [-0.2, -0.15) is 0 Å². The zero-order valence-electron chi connectivity index (χ0n) is 20.3. The summed E-state index contributed by atoms with van der Waals surface area (Å²) < 4.78 is 68.2. The first-order valence-electron chi connectivity index (χ1n) is 11.3. The number of anilines is 1. The van der Waals surface area contributed by atoms with Gasteiger partial charge in [0.15, 0.2) is 11.6 Å². The molecule has 0 radical (unpaired) electrons. The van der Waals surface area contributed by atoms with E-state index in [1.807, 2.05) is 0 Å². The van der Waals surface area contributed by atoms with Crippen molar-refractivity contribution < 1.29 is 26.4 Å². The van der Waals surface area contributed by atoms with E-state index in [1.165, 1.54) is 41.0 Å². The van der Waals surface area contributed by atoms with E-state index in [2.05, 4.69) is 14.9 Å². The summed E-state index contributed by atoms with van der Waals surface area (Å²) in [5.74, 6) is -1.31. The van der Waals surface area contributed by atoms with E-state index in [0.717, 1.165) is 12.1 Å². The molecule has 0 atom stereocenters. The lowest BCUT2D eigenvalue weighted by atomic mass is 10.0. The number of fused-ring (bicyclic) bond motifs is 1. The van der Waals surface area contributed by atoms with Crippen molar-refractivity contribution in [1.82, 2.24) is 14.8 Å². The summed E-state index contributed by atoms with van der Waals surface area (Å²) in [5, 5.41) is 8.23. The Labute approximate surface area is 219 Å². The molecule has 0 fully saturated rings. The highest BCUT2D eigenvalue weighted by molar-refractivity contribution is 7.92. The summed E-state index contributed by atoms with van der Waals surface area (Å²) in [6.45, 7) is 3.15. The van der Waals surface area contributed by atoms with Gasteiger partial charge in [-0.15, -0.1) is 21.5 Å². The van der Waals surface area contributed by atoms with Gasteiger partial charge < -0.3 is 13.7 Å². The molecule has 0 aliphatic carbocycles. The van der Waals surface area contributed by atoms with Crippen molar-refractivity contribution in [2.45, 2.75) is 13.8 Å². The summed E-state index contributed by atoms with van der Waals surface area (Å²) in [5.41, 5.74) is 0.822. The van der Waals surface area contributed by atoms with E-state index < -0.39 is 21.7 Å². The number of halogens is 2. The van der Waals surface area contributed by atoms with Gasteiger partial charge in [0.05, 0.1) is 20.7 Å². The van der Waals surface area contributed by atoms with Crippen LogP contribution in [0.25, 0.3) is 32.0 Å². The number of ether oxygens (including phenoxy) is 1. The monoisotopic (exact) mass is 558 g/mol. The Morgan fingerprint density at radius 2 is 1.84 bits per heavy atom. The molecular weight excluding hydrogens is 538 g/mol. The number of aromatic nitrogens is 3. The molecule has 0 spiro atoms. The quantitative estimate of drug-likeness (QED) is 0.282. The largest absolute Gasteiger partial charge is 0.454 e. The molecule has 0 saturated carbocycles. The third-order valence-corrected chi connectivity index (χ3v) is 8.09. The minimum atomic E-state index is -3.61. The average molecular weight is 559 g/mol. The van der Waals surface area contributed by atoms with Crippen molar-refractivity contribution in [1.29, 1.82) is 0 Å². The molecule has 38 heavy (non-hydrogen) atoms. The van der Waals surface area contributed by atoms with Crippen molar-refractivity contribution in [2.24, 2.45) is 7.05 Å². The number of hydrogen-bond acceptors (Lipinski definition) is 8. The minimum absolute atomic E-state index is 0.149. The van der Waals surface area contributed by atoms with Gasteiger partial charge in [0.1, 0.15) is 11.6 Å². The van der Waals surface area contributed by atoms with Gasteiger partial charge in [-0.1, -0.05) is 0 Å². The van der Waals surface area contributed by atoms with E-state index in [0.29, 0.717) is 38.0 Å². The lowest BCUT2D eigenvalue weighted by Gasteiger charge is -2.16. The molecule has 0 aliphatic heterocycles. The highest BCUT2D eigenvalue weighted by Crippen LogP contribution is 2.43. The van der Waals surface area contributed by atoms with Crippen molar-refractivity contribution in [3.8, 4) is 33.4 Å². The normalized spacial score (nSPS) is 11.7. The van der Waals surface area contributed by atoms with E-state index in [-0.39, 0.29) is 34.4 Å². The summed E-state index contributed by atoms with van der Waals surface area (Å²) in [6.07, 6.45) is 1.57. The molecule has 3 heterocycles. The number of hydrogen-bond donors (Lipinski definition) is 1. The van der Waals surface area contributed by atoms with Crippen LogP contribution in [-0.4, -0.2) is 28.9 Å². The van der Waals surface area contributed by atoms with Crippen LogP contribution < -0.4 is 15.0 Å². The van der Waals surface area contributed by atoms with Crippen LogP contribution >= 0.6 is 11.3 Å². The number of aryl methyl sites for hydroxylation is 2. The van der Waals surface area contributed by atoms with Gasteiger partial charge >= 0.3 is 0 Å². The van der Waals surface area contributed by atoms with Gasteiger partial charge in [-0.05, 0) is 43.3 Å². The number of sulfonamides is 1. The molecule has 0 aliphatic rings. The summed E-state index contributed by atoms with van der Waals surface area (Å²) in [7, 11) is -2.04. The molecule has 0 bridgehead atoms. The second-order valence-corrected chi connectivity index (χ2v) is 11.4. The second kappa shape index (κ2) is 9.65. The molecule has 2 aromatic carbocycles. The van der Waals surface area contributed by atoms with E-state index in [9.17, 15) is 22.0 Å². The lowest BCUT2D eigenvalue weighted by Crippen LogP contribution is -2.16. The van der Waals surface area contributed by atoms with Crippen LogP contribution in [0.5, 0.6) is 11.5 Å². The lowest BCUT2D eigenvalue weighted by molar-refractivity contribution is 0.439. The van der Waals surface area contributed by atoms with Crippen LogP contribution in [0.1, 0.15) is 12.8 Å². The van der Waals surface area contributed by atoms with Crippen LogP contribution in [0.4, 0.5) is 14.5 Å². The Balaban J connectivity index is 1.74. The maximum absolute atomic E-state index is 14.5. The van der Waals surface area contributed by atoms with Gasteiger partial charge in [0, 0.05) is 43.0 Å². The first-order chi connectivity index (χ1) is 18.0. The average Bonchev–Trinajstić information content (AvgIpc) is 3.51. The fraction of sp³-hybridized carbons (Fsp3) is 0.160. The molecule has 196 valence electrons. The van der Waals surface area contributed by atoms with Crippen LogP contribution in [-0.2, 0) is 17.1 Å². The molecular formula is C25H20F2N4O5S2. The van der Waals surface area contributed by atoms with Gasteiger partial charge in [-0.3, -0.25) is 9.52 Å². The highest BCUT2D eigenvalue weighted by Gasteiger charge is 2.21. The summed E-state index contributed by atoms with van der Waals surface area (Å²) >= 11 is 1.22. The molecule has 0 saturated heterocycles. The molecule has 1 N–H and O–H groups in total. The molecule has 0 amide bonds. The smallest absolute Gasteiger partial charge is 0.259 e. The van der Waals surface area contributed by atoms with Gasteiger partial charge in [-0.25, -0.2) is 17.2 Å². The topological polar surface area (TPSA) is 116 Å². The first-order valence-corrected chi connectivity index (χ1v) is 13.7. The van der Waals surface area contributed by atoms with Crippen molar-refractivity contribution >= 4 is 37.1 Å². The number of pyridine rings is 1.